The van der Waals surface area contributed by atoms with Crippen LogP contribution in [0.3, 0.4) is 0 Å². The molecule has 0 aliphatic heterocycles. The number of aromatic nitrogens is 2. The number of aromatic amines is 1. The number of anilines is 1. The molecule has 0 aliphatic rings. The summed E-state index contributed by atoms with van der Waals surface area (Å²) in [5, 5.41) is 20.1. The molecule has 0 radical (unpaired) electrons. The number of nitriles is 2. The highest BCUT2D eigenvalue weighted by Gasteiger charge is 2.16. The van der Waals surface area contributed by atoms with Gasteiger partial charge in [-0.15, -0.1) is 0 Å². The fraction of sp³-hybridized carbons (Fsp3) is 0.0526. The van der Waals surface area contributed by atoms with Crippen LogP contribution in [-0.2, 0) is 0 Å². The van der Waals surface area contributed by atoms with Gasteiger partial charge in [-0.3, -0.25) is 10.1 Å². The Labute approximate surface area is 148 Å². The third-order valence-corrected chi connectivity index (χ3v) is 3.75. The number of aryl methyl sites for hydroxylation is 1. The predicted molar refractivity (Wildman–Crippen MR) is 92.5 cm³/mol. The lowest BCUT2D eigenvalue weighted by molar-refractivity contribution is 0.102. The molecule has 0 bridgehead atoms. The molecular weight excluding hydrogens is 333 g/mol. The molecule has 0 saturated carbocycles. The molecule has 2 aromatic carbocycles. The summed E-state index contributed by atoms with van der Waals surface area (Å²) in [6.07, 6.45) is 0. The zero-order valence-corrected chi connectivity index (χ0v) is 13.7. The van der Waals surface area contributed by atoms with E-state index in [4.69, 9.17) is 10.5 Å². The molecule has 1 aromatic heterocycles. The number of carbonyl (C=O) groups excluding carboxylic acids is 1. The van der Waals surface area contributed by atoms with Gasteiger partial charge in [0.05, 0.1) is 5.56 Å². The monoisotopic (exact) mass is 345 g/mol. The van der Waals surface area contributed by atoms with Gasteiger partial charge in [0.1, 0.15) is 18.0 Å². The highest BCUT2D eigenvalue weighted by atomic mass is 19.1. The topological polar surface area (TPSA) is 105 Å². The van der Waals surface area contributed by atoms with E-state index in [1.165, 1.54) is 12.1 Å². The van der Waals surface area contributed by atoms with Crippen molar-refractivity contribution in [3.63, 3.8) is 0 Å². The molecule has 0 aliphatic carbocycles. The van der Waals surface area contributed by atoms with Crippen LogP contribution >= 0.6 is 0 Å². The standard InChI is InChI=1S/C19H12FN5O/c1-11-2-4-12(5-3-11)13-6-7-14(15(20)8-13)18(26)25-19-23-16(9-21)17(10-22)24-19/h2-8H,1H3,(H2,23,24,25,26). The lowest BCUT2D eigenvalue weighted by Gasteiger charge is -2.07. The number of hydrogen-bond acceptors (Lipinski definition) is 4. The average molecular weight is 345 g/mol. The highest BCUT2D eigenvalue weighted by Crippen LogP contribution is 2.23. The number of rotatable bonds is 3. The first-order chi connectivity index (χ1) is 12.5. The van der Waals surface area contributed by atoms with Crippen LogP contribution in [0.2, 0.25) is 0 Å². The van der Waals surface area contributed by atoms with E-state index in [0.717, 1.165) is 11.1 Å². The van der Waals surface area contributed by atoms with E-state index in [-0.39, 0.29) is 22.9 Å². The molecule has 26 heavy (non-hydrogen) atoms. The Morgan fingerprint density at radius 2 is 1.81 bits per heavy atom. The summed E-state index contributed by atoms with van der Waals surface area (Å²) in [5.74, 6) is -1.51. The molecule has 6 nitrogen and oxygen atoms in total. The van der Waals surface area contributed by atoms with E-state index in [1.807, 2.05) is 31.2 Å². The minimum atomic E-state index is -0.735. The Morgan fingerprint density at radius 3 is 2.38 bits per heavy atom. The molecule has 1 heterocycles. The van der Waals surface area contributed by atoms with Gasteiger partial charge in [0.15, 0.2) is 11.4 Å². The van der Waals surface area contributed by atoms with Crippen molar-refractivity contribution in [2.24, 2.45) is 0 Å². The molecule has 1 amide bonds. The van der Waals surface area contributed by atoms with Crippen molar-refractivity contribution in [2.45, 2.75) is 6.92 Å². The molecule has 0 saturated heterocycles. The summed E-state index contributed by atoms with van der Waals surface area (Å²) >= 11 is 0. The minimum absolute atomic E-state index is 0.0713. The Kier molecular flexibility index (Phi) is 4.46. The molecule has 3 rings (SSSR count). The van der Waals surface area contributed by atoms with Crippen LogP contribution < -0.4 is 5.32 Å². The van der Waals surface area contributed by atoms with Crippen molar-refractivity contribution >= 4 is 11.9 Å². The maximum absolute atomic E-state index is 14.4. The van der Waals surface area contributed by atoms with E-state index >= 15 is 0 Å². The SMILES string of the molecule is Cc1ccc(-c2ccc(C(=O)Nc3nc(C#N)c(C#N)[nH]3)c(F)c2)cc1. The molecule has 0 unspecified atom stereocenters. The van der Waals surface area contributed by atoms with Crippen molar-refractivity contribution < 1.29 is 9.18 Å². The Morgan fingerprint density at radius 1 is 1.12 bits per heavy atom. The van der Waals surface area contributed by atoms with E-state index in [1.54, 1.807) is 18.2 Å². The van der Waals surface area contributed by atoms with Gasteiger partial charge < -0.3 is 4.98 Å². The number of imidazole rings is 1. The van der Waals surface area contributed by atoms with Crippen LogP contribution in [0.5, 0.6) is 0 Å². The second-order valence-corrected chi connectivity index (χ2v) is 5.55. The van der Waals surface area contributed by atoms with Gasteiger partial charge in [-0.2, -0.15) is 10.5 Å². The summed E-state index contributed by atoms with van der Waals surface area (Å²) < 4.78 is 14.4. The highest BCUT2D eigenvalue weighted by molar-refractivity contribution is 6.03. The number of carbonyl (C=O) groups is 1. The summed E-state index contributed by atoms with van der Waals surface area (Å²) in [5.41, 5.74) is 2.20. The first-order valence-electron chi connectivity index (χ1n) is 7.60. The summed E-state index contributed by atoms with van der Waals surface area (Å²) in [4.78, 5) is 18.5. The van der Waals surface area contributed by atoms with Gasteiger partial charge in [0, 0.05) is 0 Å². The van der Waals surface area contributed by atoms with E-state index in [2.05, 4.69) is 15.3 Å². The minimum Gasteiger partial charge on any atom is -0.314 e. The lowest BCUT2D eigenvalue weighted by atomic mass is 10.0. The quantitative estimate of drug-likeness (QED) is 0.757. The maximum atomic E-state index is 14.4. The van der Waals surface area contributed by atoms with Crippen molar-refractivity contribution in [1.29, 1.82) is 10.5 Å². The molecular formula is C19H12FN5O. The predicted octanol–water partition coefficient (Wildman–Crippen LogP) is 3.52. The van der Waals surface area contributed by atoms with Crippen LogP contribution in [0.15, 0.2) is 42.5 Å². The van der Waals surface area contributed by atoms with Gasteiger partial charge in [-0.05, 0) is 30.2 Å². The number of H-pyrrole nitrogens is 1. The Bertz CT molecular complexity index is 1040. The number of amides is 1. The molecule has 3 aromatic rings. The number of halogens is 1. The normalized spacial score (nSPS) is 10.0. The number of nitrogens with one attached hydrogen (secondary N) is 2. The van der Waals surface area contributed by atoms with Crippen molar-refractivity contribution in [1.82, 2.24) is 9.97 Å². The summed E-state index contributed by atoms with van der Waals surface area (Å²) in [7, 11) is 0. The van der Waals surface area contributed by atoms with E-state index in [9.17, 15) is 9.18 Å². The first kappa shape index (κ1) is 16.9. The van der Waals surface area contributed by atoms with Gasteiger partial charge in [0.2, 0.25) is 5.95 Å². The first-order valence-corrected chi connectivity index (χ1v) is 7.60. The molecule has 2 N–H and O–H groups in total. The Balaban J connectivity index is 1.84. The van der Waals surface area contributed by atoms with Crippen LogP contribution in [0.25, 0.3) is 11.1 Å². The average Bonchev–Trinajstić information content (AvgIpc) is 3.04. The number of benzene rings is 2. The summed E-state index contributed by atoms with van der Waals surface area (Å²) in [6.45, 7) is 1.96. The molecule has 7 heteroatoms. The smallest absolute Gasteiger partial charge is 0.260 e. The van der Waals surface area contributed by atoms with Gasteiger partial charge in [-0.25, -0.2) is 9.37 Å². The third-order valence-electron chi connectivity index (χ3n) is 3.75. The molecule has 0 fully saturated rings. The van der Waals surface area contributed by atoms with Crippen LogP contribution in [-0.4, -0.2) is 15.9 Å². The second-order valence-electron chi connectivity index (χ2n) is 5.55. The summed E-state index contributed by atoms with van der Waals surface area (Å²) in [6, 6.07) is 15.4. The lowest BCUT2D eigenvalue weighted by Crippen LogP contribution is -2.14. The van der Waals surface area contributed by atoms with Gasteiger partial charge in [-0.1, -0.05) is 35.9 Å². The number of hydrogen-bond donors (Lipinski definition) is 2. The molecule has 0 spiro atoms. The molecule has 0 atom stereocenters. The van der Waals surface area contributed by atoms with Gasteiger partial charge >= 0.3 is 0 Å². The zero-order valence-electron chi connectivity index (χ0n) is 13.7. The third kappa shape index (κ3) is 3.28. The van der Waals surface area contributed by atoms with Crippen molar-refractivity contribution in [2.75, 3.05) is 5.32 Å². The fourth-order valence-corrected chi connectivity index (χ4v) is 2.39. The number of nitrogens with zero attached hydrogens (tertiary/aromatic N) is 3. The van der Waals surface area contributed by atoms with Crippen molar-refractivity contribution in [3.8, 4) is 23.3 Å². The zero-order chi connectivity index (χ0) is 18.7. The van der Waals surface area contributed by atoms with E-state index < -0.39 is 11.7 Å². The van der Waals surface area contributed by atoms with Crippen LogP contribution in [0.4, 0.5) is 10.3 Å². The largest absolute Gasteiger partial charge is 0.314 e. The molecule has 126 valence electrons. The van der Waals surface area contributed by atoms with Crippen molar-refractivity contribution in [3.05, 3.63) is 70.8 Å². The van der Waals surface area contributed by atoms with Crippen LogP contribution in [0.1, 0.15) is 27.3 Å². The maximum Gasteiger partial charge on any atom is 0.260 e. The second kappa shape index (κ2) is 6.88. The van der Waals surface area contributed by atoms with Crippen LogP contribution in [0, 0.1) is 35.4 Å². The Hall–Kier alpha value is -3.97. The van der Waals surface area contributed by atoms with E-state index in [0.29, 0.717) is 5.56 Å². The fourth-order valence-electron chi connectivity index (χ4n) is 2.39. The van der Waals surface area contributed by atoms with Gasteiger partial charge in [0.25, 0.3) is 5.91 Å².